The zero-order valence-electron chi connectivity index (χ0n) is 16.3. The molecule has 3 aromatic rings. The average Bonchev–Trinajstić information content (AvgIpc) is 2.99. The van der Waals surface area contributed by atoms with Crippen LogP contribution in [-0.4, -0.2) is 42.7 Å². The number of hydrogen-bond donors (Lipinski definition) is 0. The van der Waals surface area contributed by atoms with Gasteiger partial charge < -0.3 is 4.74 Å². The summed E-state index contributed by atoms with van der Waals surface area (Å²) >= 11 is 7.58. The molecule has 1 unspecified atom stereocenters. The molecule has 29 heavy (non-hydrogen) atoms. The fraction of sp³-hybridized carbons (Fsp3) is 0.350. The second-order valence-corrected chi connectivity index (χ2v) is 9.30. The van der Waals surface area contributed by atoms with Gasteiger partial charge in [0.1, 0.15) is 11.1 Å². The molecular weight excluding hydrogens is 412 g/mol. The molecule has 1 amide bonds. The molecule has 1 aliphatic heterocycles. The maximum Gasteiger partial charge on any atom is 0.411 e. The van der Waals surface area contributed by atoms with Crippen molar-refractivity contribution in [1.29, 1.82) is 0 Å². The van der Waals surface area contributed by atoms with E-state index in [1.807, 2.05) is 51.1 Å². The Hall–Kier alpha value is -2.45. The lowest BCUT2D eigenvalue weighted by atomic mass is 10.2. The molecule has 9 heteroatoms. The molecule has 1 aliphatic rings. The van der Waals surface area contributed by atoms with Gasteiger partial charge >= 0.3 is 6.09 Å². The van der Waals surface area contributed by atoms with Gasteiger partial charge in [0.05, 0.1) is 16.1 Å². The molecule has 1 aromatic carbocycles. The maximum absolute atomic E-state index is 13.2. The number of hydrogen-bond acceptors (Lipinski definition) is 5. The number of carbonyl (C=O) groups is 1. The fourth-order valence-corrected chi connectivity index (χ4v) is 4.47. The van der Waals surface area contributed by atoms with Crippen molar-refractivity contribution in [2.75, 3.05) is 6.54 Å². The van der Waals surface area contributed by atoms with Gasteiger partial charge in [-0.25, -0.2) is 9.31 Å². The normalized spacial score (nSPS) is 16.7. The molecule has 0 N–H and O–H groups in total. The number of ether oxygens (including phenoxy) is 1. The van der Waals surface area contributed by atoms with Gasteiger partial charge in [-0.15, -0.1) is 5.10 Å². The van der Waals surface area contributed by atoms with Crippen LogP contribution in [0.15, 0.2) is 52.5 Å². The Morgan fingerprint density at radius 3 is 2.59 bits per heavy atom. The highest BCUT2D eigenvalue weighted by Gasteiger charge is 2.37. The fourth-order valence-electron chi connectivity index (χ4n) is 3.03. The number of rotatable bonds is 3. The third kappa shape index (κ3) is 3.86. The van der Waals surface area contributed by atoms with E-state index in [-0.39, 0.29) is 17.0 Å². The highest BCUT2D eigenvalue weighted by atomic mass is 35.5. The van der Waals surface area contributed by atoms with Crippen molar-refractivity contribution in [2.45, 2.75) is 43.3 Å². The Kier molecular flexibility index (Phi) is 5.08. The van der Waals surface area contributed by atoms with Crippen LogP contribution in [0.4, 0.5) is 4.79 Å². The number of benzene rings is 1. The largest absolute Gasteiger partial charge is 0.444 e. The Morgan fingerprint density at radius 2 is 1.97 bits per heavy atom. The first-order valence-electron chi connectivity index (χ1n) is 9.26. The Bertz CT molecular complexity index is 1120. The van der Waals surface area contributed by atoms with Crippen LogP contribution in [0.5, 0.6) is 0 Å². The lowest BCUT2D eigenvalue weighted by Crippen LogP contribution is -2.51. The van der Waals surface area contributed by atoms with Gasteiger partial charge in [0, 0.05) is 12.7 Å². The van der Waals surface area contributed by atoms with Crippen molar-refractivity contribution >= 4 is 35.0 Å². The minimum absolute atomic E-state index is 0.157. The van der Waals surface area contributed by atoms with Crippen LogP contribution < -0.4 is 5.56 Å². The zero-order chi connectivity index (χ0) is 20.8. The number of likely N-dealkylation sites (tertiary alicyclic amines) is 1. The topological polar surface area (TPSA) is 68.8 Å². The summed E-state index contributed by atoms with van der Waals surface area (Å²) in [6.07, 6.45) is 2.09. The first kappa shape index (κ1) is 19.8. The number of amides is 1. The van der Waals surface area contributed by atoms with Crippen LogP contribution in [0.1, 0.15) is 27.2 Å². The summed E-state index contributed by atoms with van der Waals surface area (Å²) in [5, 5.41) is 5.28. The van der Waals surface area contributed by atoms with Crippen LogP contribution in [-0.2, 0) is 4.74 Å². The van der Waals surface area contributed by atoms with E-state index in [2.05, 4.69) is 5.10 Å². The van der Waals surface area contributed by atoms with Crippen molar-refractivity contribution in [3.05, 3.63) is 58.0 Å². The number of halogens is 1. The van der Waals surface area contributed by atoms with Gasteiger partial charge in [-0.05, 0) is 45.4 Å². The summed E-state index contributed by atoms with van der Waals surface area (Å²) in [6.45, 7) is 6.13. The standard InChI is InChI=1S/C20H21ClN4O3S/c1-20(2,3)28-19(27)23-11-10-15(23)29-18-22-24-12-9-14(21)16(24)17(26)25(18)13-7-5-4-6-8-13/h4-9,12,15H,10-11H2,1-3H3. The first-order valence-corrected chi connectivity index (χ1v) is 10.5. The zero-order valence-corrected chi connectivity index (χ0v) is 17.9. The van der Waals surface area contributed by atoms with E-state index in [9.17, 15) is 9.59 Å². The number of carbonyl (C=O) groups excluding carboxylic acids is 1. The molecule has 1 atom stereocenters. The first-order chi connectivity index (χ1) is 13.7. The SMILES string of the molecule is CC(C)(C)OC(=O)N1CCC1Sc1nn2ccc(Cl)c2c(=O)n1-c1ccccc1. The quantitative estimate of drug-likeness (QED) is 0.620. The summed E-state index contributed by atoms with van der Waals surface area (Å²) < 4.78 is 8.51. The predicted molar refractivity (Wildman–Crippen MR) is 113 cm³/mol. The third-order valence-electron chi connectivity index (χ3n) is 4.46. The Morgan fingerprint density at radius 1 is 1.24 bits per heavy atom. The molecule has 0 spiro atoms. The predicted octanol–water partition coefficient (Wildman–Crippen LogP) is 4.20. The van der Waals surface area contributed by atoms with Crippen LogP contribution in [0.25, 0.3) is 11.2 Å². The van der Waals surface area contributed by atoms with Crippen molar-refractivity contribution < 1.29 is 9.53 Å². The molecule has 0 radical (unpaired) electrons. The van der Waals surface area contributed by atoms with Gasteiger partial charge in [0.15, 0.2) is 5.16 Å². The van der Waals surface area contributed by atoms with E-state index in [0.29, 0.717) is 27.9 Å². The molecule has 2 aromatic heterocycles. The molecular formula is C20H21ClN4O3S. The highest BCUT2D eigenvalue weighted by molar-refractivity contribution is 7.99. The van der Waals surface area contributed by atoms with Crippen LogP contribution in [0, 0.1) is 0 Å². The molecule has 4 rings (SSSR count). The van der Waals surface area contributed by atoms with Gasteiger partial charge in [-0.2, -0.15) is 0 Å². The van der Waals surface area contributed by atoms with Gasteiger partial charge in [-0.3, -0.25) is 14.3 Å². The van der Waals surface area contributed by atoms with Crippen molar-refractivity contribution in [1.82, 2.24) is 19.1 Å². The molecule has 1 saturated heterocycles. The van der Waals surface area contributed by atoms with Gasteiger partial charge in [0.2, 0.25) is 0 Å². The number of thioether (sulfide) groups is 1. The summed E-state index contributed by atoms with van der Waals surface area (Å²) in [4.78, 5) is 27.3. The average molecular weight is 433 g/mol. The van der Waals surface area contributed by atoms with Crippen LogP contribution >= 0.6 is 23.4 Å². The van der Waals surface area contributed by atoms with Crippen LogP contribution in [0.2, 0.25) is 5.02 Å². The lowest BCUT2D eigenvalue weighted by Gasteiger charge is -2.40. The second-order valence-electron chi connectivity index (χ2n) is 7.75. The van der Waals surface area contributed by atoms with Crippen LogP contribution in [0.3, 0.4) is 0 Å². The molecule has 152 valence electrons. The molecule has 7 nitrogen and oxygen atoms in total. The van der Waals surface area contributed by atoms with Gasteiger partial charge in [0.25, 0.3) is 5.56 Å². The monoisotopic (exact) mass is 432 g/mol. The molecule has 0 bridgehead atoms. The molecule has 3 heterocycles. The van der Waals surface area contributed by atoms with E-state index in [1.165, 1.54) is 20.8 Å². The summed E-state index contributed by atoms with van der Waals surface area (Å²) in [5.41, 5.74) is 0.187. The van der Waals surface area contributed by atoms with Crippen molar-refractivity contribution in [3.63, 3.8) is 0 Å². The molecule has 0 aliphatic carbocycles. The number of para-hydroxylation sites is 1. The number of aromatic nitrogens is 3. The van der Waals surface area contributed by atoms with E-state index >= 15 is 0 Å². The number of nitrogens with zero attached hydrogens (tertiary/aromatic N) is 4. The summed E-state index contributed by atoms with van der Waals surface area (Å²) in [6, 6.07) is 10.9. The Balaban J connectivity index is 1.72. The van der Waals surface area contributed by atoms with Crippen molar-refractivity contribution in [3.8, 4) is 5.69 Å². The highest BCUT2D eigenvalue weighted by Crippen LogP contribution is 2.35. The number of fused-ring (bicyclic) bond motifs is 1. The summed E-state index contributed by atoms with van der Waals surface area (Å²) in [5.74, 6) is 0. The smallest absolute Gasteiger partial charge is 0.411 e. The van der Waals surface area contributed by atoms with E-state index in [0.717, 1.165) is 6.42 Å². The van der Waals surface area contributed by atoms with E-state index in [1.54, 1.807) is 17.2 Å². The molecule has 1 fully saturated rings. The maximum atomic E-state index is 13.2. The van der Waals surface area contributed by atoms with Gasteiger partial charge in [-0.1, -0.05) is 41.6 Å². The van der Waals surface area contributed by atoms with Crippen molar-refractivity contribution in [2.24, 2.45) is 0 Å². The molecule has 0 saturated carbocycles. The van der Waals surface area contributed by atoms with E-state index in [4.69, 9.17) is 16.3 Å². The third-order valence-corrected chi connectivity index (χ3v) is 6.00. The Labute approximate surface area is 177 Å². The minimum atomic E-state index is -0.562. The second kappa shape index (κ2) is 7.42. The lowest BCUT2D eigenvalue weighted by molar-refractivity contribution is 0.00846. The van der Waals surface area contributed by atoms with E-state index < -0.39 is 5.60 Å². The minimum Gasteiger partial charge on any atom is -0.444 e. The summed E-state index contributed by atoms with van der Waals surface area (Å²) in [7, 11) is 0.